The Morgan fingerprint density at radius 1 is 1.03 bits per heavy atom. The molecule has 0 amide bonds. The minimum atomic E-state index is -3.22. The van der Waals surface area contributed by atoms with Gasteiger partial charge in [-0.3, -0.25) is 0 Å². The first-order valence-electron chi connectivity index (χ1n) is 14.2. The standard InChI is InChI=1S/C31H46O3S/c1-5-31(32)19-14-25-23(21-31)13-17-30(4)27(25)15-18-29(3)26(11-12-28(29)30)22(2)16-20-35(33,34)24-9-7-6-8-10-24/h6-10,13,22,25-28,32H,5,11-12,14-21H2,1-4H3/t22-,25+,26-,27-,28-,29-,30-,31+/m1/s1. The molecule has 0 unspecified atom stereocenters. The van der Waals surface area contributed by atoms with Crippen molar-refractivity contribution in [1.29, 1.82) is 0 Å². The summed E-state index contributed by atoms with van der Waals surface area (Å²) in [6.07, 6.45) is 13.4. The fourth-order valence-electron chi connectivity index (χ4n) is 9.48. The van der Waals surface area contributed by atoms with Crippen LogP contribution in [0.3, 0.4) is 0 Å². The molecule has 4 aliphatic carbocycles. The van der Waals surface area contributed by atoms with Crippen molar-refractivity contribution in [3.63, 3.8) is 0 Å². The van der Waals surface area contributed by atoms with Gasteiger partial charge >= 0.3 is 0 Å². The molecule has 0 aliphatic heterocycles. The Hall–Kier alpha value is -1.13. The number of benzene rings is 1. The third-order valence-electron chi connectivity index (χ3n) is 11.6. The van der Waals surface area contributed by atoms with Crippen LogP contribution in [0.5, 0.6) is 0 Å². The first-order valence-corrected chi connectivity index (χ1v) is 15.9. The van der Waals surface area contributed by atoms with Crippen LogP contribution in [0.2, 0.25) is 0 Å². The average Bonchev–Trinajstić information content (AvgIpc) is 3.21. The van der Waals surface area contributed by atoms with E-state index in [4.69, 9.17) is 0 Å². The molecule has 0 bridgehead atoms. The molecule has 4 heteroatoms. The van der Waals surface area contributed by atoms with Gasteiger partial charge in [0.1, 0.15) is 0 Å². The molecule has 3 fully saturated rings. The quantitative estimate of drug-likeness (QED) is 0.422. The van der Waals surface area contributed by atoms with Crippen LogP contribution in [0.25, 0.3) is 0 Å². The third-order valence-corrected chi connectivity index (χ3v) is 13.3. The zero-order valence-electron chi connectivity index (χ0n) is 22.3. The molecule has 0 saturated heterocycles. The van der Waals surface area contributed by atoms with Gasteiger partial charge in [0.25, 0.3) is 0 Å². The summed E-state index contributed by atoms with van der Waals surface area (Å²) in [6, 6.07) is 8.96. The molecule has 0 radical (unpaired) electrons. The van der Waals surface area contributed by atoms with Crippen LogP contribution in [0, 0.1) is 40.4 Å². The van der Waals surface area contributed by atoms with Gasteiger partial charge in [0.05, 0.1) is 16.2 Å². The molecule has 35 heavy (non-hydrogen) atoms. The van der Waals surface area contributed by atoms with Gasteiger partial charge in [0.2, 0.25) is 0 Å². The van der Waals surface area contributed by atoms with E-state index in [0.29, 0.717) is 33.5 Å². The Labute approximate surface area is 213 Å². The second-order valence-corrected chi connectivity index (χ2v) is 15.3. The van der Waals surface area contributed by atoms with Crippen molar-refractivity contribution in [3.8, 4) is 0 Å². The summed E-state index contributed by atoms with van der Waals surface area (Å²) >= 11 is 0. The van der Waals surface area contributed by atoms with E-state index < -0.39 is 15.4 Å². The maximum absolute atomic E-state index is 12.9. The van der Waals surface area contributed by atoms with Gasteiger partial charge in [-0.2, -0.15) is 0 Å². The Bertz CT molecular complexity index is 1060. The second-order valence-electron chi connectivity index (χ2n) is 13.2. The lowest BCUT2D eigenvalue weighted by molar-refractivity contribution is -0.0956. The molecule has 4 aliphatic rings. The maximum Gasteiger partial charge on any atom is 0.178 e. The van der Waals surface area contributed by atoms with Crippen LogP contribution in [0.15, 0.2) is 46.9 Å². The predicted octanol–water partition coefficient (Wildman–Crippen LogP) is 7.21. The molecule has 1 N–H and O–H groups in total. The number of hydrogen-bond donors (Lipinski definition) is 1. The average molecular weight is 499 g/mol. The van der Waals surface area contributed by atoms with Crippen LogP contribution in [-0.4, -0.2) is 24.9 Å². The lowest BCUT2D eigenvalue weighted by Gasteiger charge is -2.60. The van der Waals surface area contributed by atoms with Crippen LogP contribution in [-0.2, 0) is 9.84 Å². The number of allylic oxidation sites excluding steroid dienone is 1. The Balaban J connectivity index is 1.31. The summed E-state index contributed by atoms with van der Waals surface area (Å²) in [4.78, 5) is 0.461. The van der Waals surface area contributed by atoms with E-state index in [0.717, 1.165) is 50.4 Å². The van der Waals surface area contributed by atoms with Crippen molar-refractivity contribution in [2.45, 2.75) is 102 Å². The highest BCUT2D eigenvalue weighted by molar-refractivity contribution is 7.91. The van der Waals surface area contributed by atoms with E-state index in [9.17, 15) is 13.5 Å². The number of aliphatic hydroxyl groups is 1. The Kier molecular flexibility index (Phi) is 6.57. The molecular formula is C31H46O3S. The highest BCUT2D eigenvalue weighted by Gasteiger charge is 2.61. The molecule has 3 nitrogen and oxygen atoms in total. The van der Waals surface area contributed by atoms with E-state index in [1.807, 2.05) is 18.2 Å². The minimum absolute atomic E-state index is 0.254. The third kappa shape index (κ3) is 4.25. The van der Waals surface area contributed by atoms with Crippen molar-refractivity contribution < 1.29 is 13.5 Å². The minimum Gasteiger partial charge on any atom is -0.390 e. The zero-order valence-corrected chi connectivity index (χ0v) is 23.1. The Morgan fingerprint density at radius 3 is 2.49 bits per heavy atom. The van der Waals surface area contributed by atoms with E-state index in [1.165, 1.54) is 25.7 Å². The molecule has 8 atom stereocenters. The zero-order chi connectivity index (χ0) is 25.1. The van der Waals surface area contributed by atoms with E-state index in [-0.39, 0.29) is 5.75 Å². The summed E-state index contributed by atoms with van der Waals surface area (Å²) in [5, 5.41) is 11.0. The van der Waals surface area contributed by atoms with Gasteiger partial charge in [-0.1, -0.05) is 57.5 Å². The SMILES string of the molecule is CC[C@]1(O)CC[C@H]2C(=CC[C@@]3(C)[C@@H]4CC[C@H]([C@H](C)CCS(=O)(=O)c5ccccc5)[C@@]4(C)CC[C@H]23)C1. The maximum atomic E-state index is 12.9. The Morgan fingerprint density at radius 2 is 1.77 bits per heavy atom. The predicted molar refractivity (Wildman–Crippen MR) is 143 cm³/mol. The fraction of sp³-hybridized carbons (Fsp3) is 0.742. The van der Waals surface area contributed by atoms with Crippen molar-refractivity contribution in [2.75, 3.05) is 5.75 Å². The summed E-state index contributed by atoms with van der Waals surface area (Å²) < 4.78 is 25.9. The van der Waals surface area contributed by atoms with Crippen molar-refractivity contribution in [3.05, 3.63) is 42.0 Å². The van der Waals surface area contributed by atoms with Crippen LogP contribution in [0.1, 0.15) is 91.9 Å². The topological polar surface area (TPSA) is 54.4 Å². The molecule has 0 aromatic heterocycles. The lowest BCUT2D eigenvalue weighted by Crippen LogP contribution is -2.53. The van der Waals surface area contributed by atoms with Gasteiger partial charge in [-0.05, 0) is 117 Å². The molecular weight excluding hydrogens is 452 g/mol. The largest absolute Gasteiger partial charge is 0.390 e. The molecule has 194 valence electrons. The first kappa shape index (κ1) is 25.5. The molecule has 1 aromatic rings. The second kappa shape index (κ2) is 9.01. The van der Waals surface area contributed by atoms with Gasteiger partial charge in [-0.25, -0.2) is 8.42 Å². The number of hydrogen-bond acceptors (Lipinski definition) is 3. The summed E-state index contributed by atoms with van der Waals surface area (Å²) in [6.45, 7) is 9.58. The fourth-order valence-corrected chi connectivity index (χ4v) is 11.0. The monoisotopic (exact) mass is 498 g/mol. The van der Waals surface area contributed by atoms with Crippen LogP contribution < -0.4 is 0 Å². The number of rotatable bonds is 6. The summed E-state index contributed by atoms with van der Waals surface area (Å²) in [5.41, 5.74) is 1.73. The van der Waals surface area contributed by atoms with Crippen molar-refractivity contribution in [1.82, 2.24) is 0 Å². The van der Waals surface area contributed by atoms with E-state index in [2.05, 4.69) is 33.8 Å². The van der Waals surface area contributed by atoms with Gasteiger partial charge in [0, 0.05) is 0 Å². The highest BCUT2D eigenvalue weighted by atomic mass is 32.2. The van der Waals surface area contributed by atoms with Crippen LogP contribution >= 0.6 is 0 Å². The smallest absolute Gasteiger partial charge is 0.178 e. The molecule has 3 saturated carbocycles. The molecule has 5 rings (SSSR count). The van der Waals surface area contributed by atoms with Gasteiger partial charge in [0.15, 0.2) is 9.84 Å². The molecule has 0 spiro atoms. The van der Waals surface area contributed by atoms with Crippen molar-refractivity contribution >= 4 is 9.84 Å². The highest BCUT2D eigenvalue weighted by Crippen LogP contribution is 2.69. The van der Waals surface area contributed by atoms with Crippen molar-refractivity contribution in [2.24, 2.45) is 40.4 Å². The summed E-state index contributed by atoms with van der Waals surface area (Å²) in [5.74, 6) is 3.42. The van der Waals surface area contributed by atoms with Crippen LogP contribution in [0.4, 0.5) is 0 Å². The van der Waals surface area contributed by atoms with Gasteiger partial charge in [-0.15, -0.1) is 0 Å². The normalized spacial score (nSPS) is 41.9. The van der Waals surface area contributed by atoms with E-state index in [1.54, 1.807) is 17.7 Å². The first-order chi connectivity index (χ1) is 16.5. The number of fused-ring (bicyclic) bond motifs is 5. The van der Waals surface area contributed by atoms with Gasteiger partial charge < -0.3 is 5.11 Å². The number of sulfone groups is 1. The molecule has 0 heterocycles. The molecule has 1 aromatic carbocycles. The summed E-state index contributed by atoms with van der Waals surface area (Å²) in [7, 11) is -3.22. The van der Waals surface area contributed by atoms with E-state index >= 15 is 0 Å². The lowest BCUT2D eigenvalue weighted by atomic mass is 9.44.